The number of rotatable bonds is 6. The maximum atomic E-state index is 11.4. The number of nitrogens with zero attached hydrogens (tertiary/aromatic N) is 2. The van der Waals surface area contributed by atoms with Crippen LogP contribution in [0.1, 0.15) is 30.1 Å². The van der Waals surface area contributed by atoms with E-state index in [-0.39, 0.29) is 23.6 Å². The molecule has 0 unspecified atom stereocenters. The largest absolute Gasteiger partial charge is 0.395 e. The molecule has 19 heavy (non-hydrogen) atoms. The molecule has 0 heterocycles. The molecule has 1 aliphatic rings. The van der Waals surface area contributed by atoms with E-state index in [9.17, 15) is 14.9 Å². The lowest BCUT2D eigenvalue weighted by atomic mass is 10.1. The van der Waals surface area contributed by atoms with Gasteiger partial charge in [-0.1, -0.05) is 0 Å². The first-order chi connectivity index (χ1) is 9.04. The number of anilines is 1. The third-order valence-electron chi connectivity index (χ3n) is 3.22. The molecule has 6 nitrogen and oxygen atoms in total. The molecule has 0 aliphatic heterocycles. The second kappa shape index (κ2) is 5.36. The molecule has 0 saturated heterocycles. The van der Waals surface area contributed by atoms with Crippen molar-refractivity contribution in [2.45, 2.75) is 25.8 Å². The van der Waals surface area contributed by atoms with Gasteiger partial charge in [-0.25, -0.2) is 0 Å². The number of ketones is 1. The molecular weight excluding hydrogens is 248 g/mol. The fraction of sp³-hybridized carbons (Fsp3) is 0.462. The highest BCUT2D eigenvalue weighted by Crippen LogP contribution is 2.34. The van der Waals surface area contributed by atoms with Crippen molar-refractivity contribution in [2.75, 3.05) is 18.1 Å². The zero-order valence-corrected chi connectivity index (χ0v) is 10.7. The molecule has 0 spiro atoms. The number of carbonyl (C=O) groups excluding carboxylic acids is 1. The first kappa shape index (κ1) is 13.5. The number of hydrogen-bond acceptors (Lipinski definition) is 5. The summed E-state index contributed by atoms with van der Waals surface area (Å²) in [6, 6.07) is 4.96. The monoisotopic (exact) mass is 264 g/mol. The van der Waals surface area contributed by atoms with E-state index < -0.39 is 4.92 Å². The van der Waals surface area contributed by atoms with Crippen molar-refractivity contribution in [3.63, 3.8) is 0 Å². The van der Waals surface area contributed by atoms with Crippen molar-refractivity contribution in [1.29, 1.82) is 0 Å². The molecule has 102 valence electrons. The lowest BCUT2D eigenvalue weighted by molar-refractivity contribution is -0.385. The summed E-state index contributed by atoms with van der Waals surface area (Å²) in [5.41, 5.74) is 0.635. The van der Waals surface area contributed by atoms with E-state index in [2.05, 4.69) is 0 Å². The molecule has 6 heteroatoms. The second-order valence-electron chi connectivity index (χ2n) is 4.66. The Morgan fingerprint density at radius 3 is 2.68 bits per heavy atom. The zero-order valence-electron chi connectivity index (χ0n) is 10.7. The molecule has 1 aromatic rings. The molecule has 0 bridgehead atoms. The van der Waals surface area contributed by atoms with Crippen LogP contribution in [0.5, 0.6) is 0 Å². The highest BCUT2D eigenvalue weighted by atomic mass is 16.6. The van der Waals surface area contributed by atoms with Crippen molar-refractivity contribution in [1.82, 2.24) is 0 Å². The zero-order chi connectivity index (χ0) is 14.0. The van der Waals surface area contributed by atoms with Gasteiger partial charge < -0.3 is 10.0 Å². The Morgan fingerprint density at radius 1 is 1.53 bits per heavy atom. The number of hydrogen-bond donors (Lipinski definition) is 1. The van der Waals surface area contributed by atoms with Crippen LogP contribution in [0.25, 0.3) is 0 Å². The summed E-state index contributed by atoms with van der Waals surface area (Å²) in [4.78, 5) is 23.8. The standard InChI is InChI=1S/C13H16N2O4/c1-9(17)12-5-4-11(8-13(12)15(18)19)14(6-7-16)10-2-3-10/h4-5,8,10,16H,2-3,6-7H2,1H3. The summed E-state index contributed by atoms with van der Waals surface area (Å²) in [6.07, 6.45) is 2.06. The molecule has 1 fully saturated rings. The Kier molecular flexibility index (Phi) is 3.80. The number of carbonyl (C=O) groups is 1. The smallest absolute Gasteiger partial charge is 0.282 e. The van der Waals surface area contributed by atoms with Gasteiger partial charge in [0, 0.05) is 24.3 Å². The highest BCUT2D eigenvalue weighted by molar-refractivity contribution is 5.98. The molecule has 0 radical (unpaired) electrons. The van der Waals surface area contributed by atoms with Gasteiger partial charge in [-0.3, -0.25) is 14.9 Å². The first-order valence-electron chi connectivity index (χ1n) is 6.21. The summed E-state index contributed by atoms with van der Waals surface area (Å²) in [7, 11) is 0. The molecule has 1 N–H and O–H groups in total. The van der Waals surface area contributed by atoms with Gasteiger partial charge in [-0.2, -0.15) is 0 Å². The van der Waals surface area contributed by atoms with Crippen LogP contribution in [-0.4, -0.2) is 35.0 Å². The van der Waals surface area contributed by atoms with Crippen LogP contribution in [0.3, 0.4) is 0 Å². The predicted molar refractivity (Wildman–Crippen MR) is 70.6 cm³/mol. The molecule has 1 aromatic carbocycles. The van der Waals surface area contributed by atoms with E-state index >= 15 is 0 Å². The van der Waals surface area contributed by atoms with Gasteiger partial charge in [0.05, 0.1) is 17.1 Å². The lowest BCUT2D eigenvalue weighted by Gasteiger charge is -2.23. The molecule has 0 atom stereocenters. The summed E-state index contributed by atoms with van der Waals surface area (Å²) >= 11 is 0. The predicted octanol–water partition coefficient (Wildman–Crippen LogP) is 1.76. The van der Waals surface area contributed by atoms with E-state index in [0.717, 1.165) is 12.8 Å². The van der Waals surface area contributed by atoms with Crippen molar-refractivity contribution >= 4 is 17.2 Å². The maximum Gasteiger partial charge on any atom is 0.282 e. The summed E-state index contributed by atoms with van der Waals surface area (Å²) in [5.74, 6) is -0.321. The number of aliphatic hydroxyl groups excluding tert-OH is 1. The Hall–Kier alpha value is -1.95. The minimum atomic E-state index is -0.537. The minimum Gasteiger partial charge on any atom is -0.395 e. The molecule has 1 aliphatic carbocycles. The summed E-state index contributed by atoms with van der Waals surface area (Å²) in [5, 5.41) is 20.1. The summed E-state index contributed by atoms with van der Waals surface area (Å²) < 4.78 is 0. The second-order valence-corrected chi connectivity index (χ2v) is 4.66. The maximum absolute atomic E-state index is 11.4. The quantitative estimate of drug-likeness (QED) is 0.481. The van der Waals surface area contributed by atoms with Gasteiger partial charge in [0.2, 0.25) is 0 Å². The van der Waals surface area contributed by atoms with Crippen LogP contribution in [0.2, 0.25) is 0 Å². The number of Topliss-reactive ketones (excluding diaryl/α,β-unsaturated/α-hetero) is 1. The van der Waals surface area contributed by atoms with Crippen LogP contribution in [0.15, 0.2) is 18.2 Å². The molecule has 0 aromatic heterocycles. The minimum absolute atomic E-state index is 0.00123. The van der Waals surface area contributed by atoms with Crippen LogP contribution in [-0.2, 0) is 0 Å². The van der Waals surface area contributed by atoms with Gasteiger partial charge in [-0.05, 0) is 31.9 Å². The Morgan fingerprint density at radius 2 is 2.21 bits per heavy atom. The third kappa shape index (κ3) is 2.90. The van der Waals surface area contributed by atoms with Crippen LogP contribution in [0, 0.1) is 10.1 Å². The van der Waals surface area contributed by atoms with Gasteiger partial charge in [0.25, 0.3) is 5.69 Å². The molecule has 2 rings (SSSR count). The van der Waals surface area contributed by atoms with Crippen LogP contribution >= 0.6 is 0 Å². The Labute approximate surface area is 110 Å². The average molecular weight is 264 g/mol. The topological polar surface area (TPSA) is 83.7 Å². The number of benzene rings is 1. The Bertz CT molecular complexity index is 511. The van der Waals surface area contributed by atoms with Crippen LogP contribution < -0.4 is 4.90 Å². The Balaban J connectivity index is 2.38. The van der Waals surface area contributed by atoms with Crippen molar-refractivity contribution < 1.29 is 14.8 Å². The van der Waals surface area contributed by atoms with Gasteiger partial charge in [-0.15, -0.1) is 0 Å². The van der Waals surface area contributed by atoms with Gasteiger partial charge in [0.1, 0.15) is 0 Å². The molecule has 1 saturated carbocycles. The molecular formula is C13H16N2O4. The van der Waals surface area contributed by atoms with Crippen molar-refractivity contribution in [3.05, 3.63) is 33.9 Å². The van der Waals surface area contributed by atoms with Crippen molar-refractivity contribution in [2.24, 2.45) is 0 Å². The van der Waals surface area contributed by atoms with E-state index in [1.165, 1.54) is 19.1 Å². The lowest BCUT2D eigenvalue weighted by Crippen LogP contribution is -2.28. The number of nitro benzene ring substituents is 1. The third-order valence-corrected chi connectivity index (χ3v) is 3.22. The van der Waals surface area contributed by atoms with Gasteiger partial charge >= 0.3 is 0 Å². The fourth-order valence-corrected chi connectivity index (χ4v) is 2.16. The SMILES string of the molecule is CC(=O)c1ccc(N(CCO)C2CC2)cc1[N+](=O)[O-]. The van der Waals surface area contributed by atoms with E-state index in [0.29, 0.717) is 18.3 Å². The van der Waals surface area contributed by atoms with E-state index in [1.807, 2.05) is 4.90 Å². The van der Waals surface area contributed by atoms with E-state index in [4.69, 9.17) is 5.11 Å². The first-order valence-corrected chi connectivity index (χ1v) is 6.21. The number of nitro groups is 1. The van der Waals surface area contributed by atoms with Crippen LogP contribution in [0.4, 0.5) is 11.4 Å². The van der Waals surface area contributed by atoms with E-state index in [1.54, 1.807) is 6.07 Å². The number of aliphatic hydroxyl groups is 1. The van der Waals surface area contributed by atoms with Gasteiger partial charge in [0.15, 0.2) is 5.78 Å². The fourth-order valence-electron chi connectivity index (χ4n) is 2.16. The molecule has 0 amide bonds. The van der Waals surface area contributed by atoms with Crippen molar-refractivity contribution in [3.8, 4) is 0 Å². The summed E-state index contributed by atoms with van der Waals surface area (Å²) in [6.45, 7) is 1.76. The highest BCUT2D eigenvalue weighted by Gasteiger charge is 2.30. The normalized spacial score (nSPS) is 14.2. The average Bonchev–Trinajstić information content (AvgIpc) is 3.19.